The molecule has 1 aromatic rings. The number of carbonyl (C=O) groups is 2. The summed E-state index contributed by atoms with van der Waals surface area (Å²) in [6, 6.07) is 4.06. The summed E-state index contributed by atoms with van der Waals surface area (Å²) in [5.74, 6) is -1.47. The third-order valence-electron chi connectivity index (χ3n) is 2.37. The Morgan fingerprint density at radius 2 is 2.11 bits per heavy atom. The van der Waals surface area contributed by atoms with Crippen LogP contribution in [0.2, 0.25) is 0 Å². The van der Waals surface area contributed by atoms with Gasteiger partial charge in [-0.3, -0.25) is 4.79 Å². The van der Waals surface area contributed by atoms with E-state index in [0.717, 1.165) is 0 Å². The first kappa shape index (κ1) is 14.1. The monoisotopic (exact) mass is 254 g/mol. The molecule has 0 aliphatic rings. The van der Waals surface area contributed by atoms with E-state index in [4.69, 9.17) is 0 Å². The minimum atomic E-state index is -1.82. The number of esters is 1. The molecule has 0 aromatic heterocycles. The Balaban J connectivity index is 3.00. The number of hydrogen-bond donors (Lipinski definition) is 3. The van der Waals surface area contributed by atoms with Gasteiger partial charge in [0.1, 0.15) is 11.9 Å². The lowest BCUT2D eigenvalue weighted by Gasteiger charge is -2.18. The van der Waals surface area contributed by atoms with Crippen LogP contribution in [0, 0.1) is 0 Å². The smallest absolute Gasteiger partial charge is 0.338 e. The molecule has 0 aliphatic carbocycles. The van der Waals surface area contributed by atoms with E-state index in [0.29, 0.717) is 6.29 Å². The molecule has 2 atom stereocenters. The molecular weight excluding hydrogens is 240 g/mol. The number of aliphatic hydroxyl groups excluding tert-OH is 2. The highest BCUT2D eigenvalue weighted by atomic mass is 16.5. The summed E-state index contributed by atoms with van der Waals surface area (Å²) >= 11 is 0. The van der Waals surface area contributed by atoms with E-state index in [1.165, 1.54) is 18.2 Å². The quantitative estimate of drug-likeness (QED) is 0.511. The fourth-order valence-electron chi connectivity index (χ4n) is 1.44. The molecular formula is C12H14O6. The maximum atomic E-state index is 11.2. The average molecular weight is 254 g/mol. The van der Waals surface area contributed by atoms with Crippen LogP contribution in [0.3, 0.4) is 0 Å². The molecule has 0 fully saturated rings. The minimum absolute atomic E-state index is 0.0393. The summed E-state index contributed by atoms with van der Waals surface area (Å²) < 4.78 is 4.54. The Morgan fingerprint density at radius 1 is 1.44 bits per heavy atom. The fraction of sp³-hybridized carbons (Fsp3) is 0.333. The van der Waals surface area contributed by atoms with E-state index >= 15 is 0 Å². The van der Waals surface area contributed by atoms with Crippen LogP contribution in [0.4, 0.5) is 0 Å². The summed E-state index contributed by atoms with van der Waals surface area (Å²) in [5, 5.41) is 29.0. The molecule has 0 saturated heterocycles. The molecule has 3 N–H and O–H groups in total. The van der Waals surface area contributed by atoms with Crippen LogP contribution in [0.1, 0.15) is 28.9 Å². The average Bonchev–Trinajstić information content (AvgIpc) is 2.37. The van der Waals surface area contributed by atoms with Crippen molar-refractivity contribution in [1.82, 2.24) is 0 Å². The van der Waals surface area contributed by atoms with Crippen LogP contribution in [-0.4, -0.2) is 40.3 Å². The zero-order valence-corrected chi connectivity index (χ0v) is 9.74. The maximum absolute atomic E-state index is 11.2. The van der Waals surface area contributed by atoms with E-state index < -0.39 is 23.9 Å². The highest BCUT2D eigenvalue weighted by molar-refractivity contribution is 5.81. The molecule has 0 spiro atoms. The van der Waals surface area contributed by atoms with Crippen LogP contribution >= 0.6 is 0 Å². The van der Waals surface area contributed by atoms with Gasteiger partial charge in [-0.15, -0.1) is 0 Å². The summed E-state index contributed by atoms with van der Waals surface area (Å²) in [4.78, 5) is 21.9. The van der Waals surface area contributed by atoms with Crippen molar-refractivity contribution in [2.75, 3.05) is 6.61 Å². The molecule has 98 valence electrons. The summed E-state index contributed by atoms with van der Waals surface area (Å²) in [7, 11) is 0. The van der Waals surface area contributed by atoms with Gasteiger partial charge < -0.3 is 20.1 Å². The molecule has 0 heterocycles. The molecule has 0 amide bonds. The van der Waals surface area contributed by atoms with Gasteiger partial charge in [-0.25, -0.2) is 4.79 Å². The lowest BCUT2D eigenvalue weighted by molar-refractivity contribution is -0.159. The molecule has 0 saturated carbocycles. The van der Waals surface area contributed by atoms with Gasteiger partial charge in [0.25, 0.3) is 0 Å². The highest BCUT2D eigenvalue weighted by Gasteiger charge is 2.29. The molecule has 18 heavy (non-hydrogen) atoms. The zero-order valence-electron chi connectivity index (χ0n) is 9.74. The van der Waals surface area contributed by atoms with Crippen molar-refractivity contribution in [3.63, 3.8) is 0 Å². The summed E-state index contributed by atoms with van der Waals surface area (Å²) in [6.45, 7) is 1.62. The fourth-order valence-corrected chi connectivity index (χ4v) is 1.44. The minimum Gasteiger partial charge on any atom is -0.507 e. The third-order valence-corrected chi connectivity index (χ3v) is 2.37. The van der Waals surface area contributed by atoms with Crippen LogP contribution in [0.15, 0.2) is 18.2 Å². The number of aromatic hydroxyl groups is 1. The van der Waals surface area contributed by atoms with Gasteiger partial charge in [0.15, 0.2) is 12.4 Å². The largest absolute Gasteiger partial charge is 0.507 e. The molecule has 0 bridgehead atoms. The number of carbonyl (C=O) groups excluding carboxylic acids is 2. The normalized spacial score (nSPS) is 13.7. The van der Waals surface area contributed by atoms with Gasteiger partial charge in [0.05, 0.1) is 12.2 Å². The Labute approximate surface area is 103 Å². The Hall–Kier alpha value is -1.92. The highest BCUT2D eigenvalue weighted by Crippen LogP contribution is 2.29. The number of phenols is 1. The van der Waals surface area contributed by atoms with E-state index in [2.05, 4.69) is 4.74 Å². The van der Waals surface area contributed by atoms with Gasteiger partial charge in [0.2, 0.25) is 0 Å². The number of phenolic OH excluding ortho intramolecular Hbond substituents is 1. The first-order valence-electron chi connectivity index (χ1n) is 5.32. The molecule has 0 radical (unpaired) electrons. The number of aliphatic hydroxyl groups is 2. The van der Waals surface area contributed by atoms with E-state index in [-0.39, 0.29) is 17.7 Å². The number of benzene rings is 1. The van der Waals surface area contributed by atoms with Gasteiger partial charge in [0, 0.05) is 5.56 Å². The van der Waals surface area contributed by atoms with Gasteiger partial charge in [-0.05, 0) is 13.0 Å². The molecule has 6 heteroatoms. The van der Waals surface area contributed by atoms with Crippen molar-refractivity contribution in [3.05, 3.63) is 29.3 Å². The SMILES string of the molecule is CCOC(=O)C(O)C(O)c1cccc(C=O)c1O. The van der Waals surface area contributed by atoms with Crippen molar-refractivity contribution in [1.29, 1.82) is 0 Å². The third kappa shape index (κ3) is 2.85. The molecule has 6 nitrogen and oxygen atoms in total. The van der Waals surface area contributed by atoms with Gasteiger partial charge in [-0.1, -0.05) is 12.1 Å². The van der Waals surface area contributed by atoms with Crippen molar-refractivity contribution < 1.29 is 29.6 Å². The Bertz CT molecular complexity index is 442. The summed E-state index contributed by atoms with van der Waals surface area (Å²) in [5.41, 5.74) is -0.150. The van der Waals surface area contributed by atoms with Crippen LogP contribution in [-0.2, 0) is 9.53 Å². The maximum Gasteiger partial charge on any atom is 0.338 e. The van der Waals surface area contributed by atoms with Gasteiger partial charge in [-0.2, -0.15) is 0 Å². The topological polar surface area (TPSA) is 104 Å². The predicted octanol–water partition coefficient (Wildman–Crippen LogP) is 0.162. The van der Waals surface area contributed by atoms with Crippen molar-refractivity contribution in [2.45, 2.75) is 19.1 Å². The molecule has 1 aromatic carbocycles. The van der Waals surface area contributed by atoms with E-state index in [9.17, 15) is 24.9 Å². The van der Waals surface area contributed by atoms with Gasteiger partial charge >= 0.3 is 5.97 Å². The molecule has 0 aliphatic heterocycles. The van der Waals surface area contributed by atoms with Crippen molar-refractivity contribution in [3.8, 4) is 5.75 Å². The van der Waals surface area contributed by atoms with E-state index in [1.54, 1.807) is 6.92 Å². The lowest BCUT2D eigenvalue weighted by atomic mass is 10.0. The molecule has 1 rings (SSSR count). The van der Waals surface area contributed by atoms with Crippen LogP contribution in [0.5, 0.6) is 5.75 Å². The second-order valence-corrected chi connectivity index (χ2v) is 3.54. The predicted molar refractivity (Wildman–Crippen MR) is 61.1 cm³/mol. The van der Waals surface area contributed by atoms with Crippen LogP contribution < -0.4 is 0 Å². The first-order valence-corrected chi connectivity index (χ1v) is 5.32. The zero-order chi connectivity index (χ0) is 13.7. The van der Waals surface area contributed by atoms with Crippen LogP contribution in [0.25, 0.3) is 0 Å². The van der Waals surface area contributed by atoms with Crippen molar-refractivity contribution in [2.24, 2.45) is 0 Å². The standard InChI is InChI=1S/C12H14O6/c1-2-18-12(17)11(16)10(15)8-5-3-4-7(6-13)9(8)14/h3-6,10-11,14-16H,2H2,1H3. The second-order valence-electron chi connectivity index (χ2n) is 3.54. The number of para-hydroxylation sites is 1. The first-order chi connectivity index (χ1) is 8.52. The molecule has 2 unspecified atom stereocenters. The number of hydrogen-bond acceptors (Lipinski definition) is 6. The lowest BCUT2D eigenvalue weighted by Crippen LogP contribution is -2.30. The van der Waals surface area contributed by atoms with Crippen molar-refractivity contribution >= 4 is 12.3 Å². The second kappa shape index (κ2) is 6.13. The number of aldehydes is 1. The Kier molecular flexibility index (Phi) is 4.82. The number of rotatable bonds is 5. The number of ether oxygens (including phenoxy) is 1. The summed E-state index contributed by atoms with van der Waals surface area (Å²) in [6.07, 6.45) is -3.08. The Morgan fingerprint density at radius 3 is 2.67 bits per heavy atom. The van der Waals surface area contributed by atoms with E-state index in [1.807, 2.05) is 0 Å².